The van der Waals surface area contributed by atoms with Gasteiger partial charge >= 0.3 is 0 Å². The summed E-state index contributed by atoms with van der Waals surface area (Å²) in [7, 11) is 1.75. The molecule has 0 fully saturated rings. The highest BCUT2D eigenvalue weighted by Crippen LogP contribution is 2.17. The van der Waals surface area contributed by atoms with E-state index in [4.69, 9.17) is 10.5 Å². The van der Waals surface area contributed by atoms with Crippen molar-refractivity contribution in [1.82, 2.24) is 0 Å². The lowest BCUT2D eigenvalue weighted by Gasteiger charge is -2.24. The summed E-state index contributed by atoms with van der Waals surface area (Å²) in [6.07, 6.45) is 16.0. The molecule has 0 aliphatic carbocycles. The van der Waals surface area contributed by atoms with Crippen LogP contribution in [0, 0.1) is 0 Å². The maximum absolute atomic E-state index is 6.23. The number of rotatable bonds is 14. The second kappa shape index (κ2) is 12.9. The van der Waals surface area contributed by atoms with Crippen molar-refractivity contribution < 1.29 is 4.74 Å². The SMILES string of the molecule is CCCCCCCCCCCCC(C)(N)CCOC. The van der Waals surface area contributed by atoms with E-state index in [1.807, 2.05) is 0 Å². The molecule has 0 rings (SSSR count). The molecule has 0 aromatic carbocycles. The molecular weight excluding hydrogens is 234 g/mol. The number of ether oxygens (including phenoxy) is 1. The molecule has 0 aromatic heterocycles. The molecule has 0 aliphatic rings. The second-order valence-electron chi connectivity index (χ2n) is 6.33. The smallest absolute Gasteiger partial charge is 0.0479 e. The van der Waals surface area contributed by atoms with Gasteiger partial charge in [0.1, 0.15) is 0 Å². The summed E-state index contributed by atoms with van der Waals surface area (Å²) in [5.74, 6) is 0. The molecule has 0 spiro atoms. The predicted molar refractivity (Wildman–Crippen MR) is 85.5 cm³/mol. The van der Waals surface area contributed by atoms with Crippen molar-refractivity contribution in [3.63, 3.8) is 0 Å². The molecule has 0 heterocycles. The first kappa shape index (κ1) is 18.9. The Bertz CT molecular complexity index is 180. The third-order valence-electron chi connectivity index (χ3n) is 3.98. The molecule has 0 aliphatic heterocycles. The Kier molecular flexibility index (Phi) is 12.9. The van der Waals surface area contributed by atoms with Crippen LogP contribution >= 0.6 is 0 Å². The first-order valence-electron chi connectivity index (χ1n) is 8.40. The number of unbranched alkanes of at least 4 members (excludes halogenated alkanes) is 9. The highest BCUT2D eigenvalue weighted by Gasteiger charge is 2.16. The zero-order chi connectivity index (χ0) is 14.4. The molecule has 2 nitrogen and oxygen atoms in total. The zero-order valence-electron chi connectivity index (χ0n) is 13.7. The number of hydrogen-bond donors (Lipinski definition) is 1. The fourth-order valence-corrected chi connectivity index (χ4v) is 2.48. The number of hydrogen-bond acceptors (Lipinski definition) is 2. The number of methoxy groups -OCH3 is 1. The lowest BCUT2D eigenvalue weighted by molar-refractivity contribution is 0.168. The molecule has 0 aromatic rings. The molecule has 2 heteroatoms. The molecule has 1 unspecified atom stereocenters. The van der Waals surface area contributed by atoms with Gasteiger partial charge in [-0.3, -0.25) is 0 Å². The fraction of sp³-hybridized carbons (Fsp3) is 1.00. The quantitative estimate of drug-likeness (QED) is 0.449. The third kappa shape index (κ3) is 14.1. The van der Waals surface area contributed by atoms with E-state index in [-0.39, 0.29) is 5.54 Å². The van der Waals surface area contributed by atoms with Crippen molar-refractivity contribution in [2.75, 3.05) is 13.7 Å². The van der Waals surface area contributed by atoms with E-state index in [1.54, 1.807) is 7.11 Å². The van der Waals surface area contributed by atoms with Crippen molar-refractivity contribution in [3.05, 3.63) is 0 Å². The maximum atomic E-state index is 6.23. The lowest BCUT2D eigenvalue weighted by atomic mass is 9.92. The molecule has 0 amide bonds. The molecule has 0 radical (unpaired) electrons. The largest absolute Gasteiger partial charge is 0.385 e. The van der Waals surface area contributed by atoms with Gasteiger partial charge in [-0.15, -0.1) is 0 Å². The summed E-state index contributed by atoms with van der Waals surface area (Å²) >= 11 is 0. The van der Waals surface area contributed by atoms with E-state index in [9.17, 15) is 0 Å². The Morgan fingerprint density at radius 3 is 1.74 bits per heavy atom. The van der Waals surface area contributed by atoms with Crippen molar-refractivity contribution in [1.29, 1.82) is 0 Å². The predicted octanol–water partition coefficient (Wildman–Crippen LogP) is 5.05. The van der Waals surface area contributed by atoms with Gasteiger partial charge in [-0.05, 0) is 19.8 Å². The molecule has 0 bridgehead atoms. The van der Waals surface area contributed by atoms with Crippen molar-refractivity contribution >= 4 is 0 Å². The monoisotopic (exact) mass is 271 g/mol. The average Bonchev–Trinajstić information content (AvgIpc) is 2.38. The molecule has 19 heavy (non-hydrogen) atoms. The van der Waals surface area contributed by atoms with Gasteiger partial charge in [-0.2, -0.15) is 0 Å². The summed E-state index contributed by atoms with van der Waals surface area (Å²) in [6, 6.07) is 0. The molecule has 1 atom stereocenters. The summed E-state index contributed by atoms with van der Waals surface area (Å²) < 4.78 is 5.10. The Morgan fingerprint density at radius 1 is 0.789 bits per heavy atom. The van der Waals surface area contributed by atoms with Gasteiger partial charge in [0.05, 0.1) is 0 Å². The molecule has 116 valence electrons. The number of nitrogens with two attached hydrogens (primary N) is 1. The minimum atomic E-state index is -0.0316. The molecular formula is C17H37NO. The fourth-order valence-electron chi connectivity index (χ4n) is 2.48. The Balaban J connectivity index is 3.21. The van der Waals surface area contributed by atoms with Crippen molar-refractivity contribution in [2.24, 2.45) is 5.73 Å². The summed E-state index contributed by atoms with van der Waals surface area (Å²) in [5.41, 5.74) is 6.20. The van der Waals surface area contributed by atoms with Crippen LogP contribution in [0.4, 0.5) is 0 Å². The molecule has 0 saturated carbocycles. The zero-order valence-corrected chi connectivity index (χ0v) is 13.7. The van der Waals surface area contributed by atoms with E-state index in [2.05, 4.69) is 13.8 Å². The standard InChI is InChI=1S/C17H37NO/c1-4-5-6-7-8-9-10-11-12-13-14-17(2,18)15-16-19-3/h4-16,18H2,1-3H3. The highest BCUT2D eigenvalue weighted by atomic mass is 16.5. The Morgan fingerprint density at radius 2 is 1.26 bits per heavy atom. The van der Waals surface area contributed by atoms with Crippen LogP contribution in [0.2, 0.25) is 0 Å². The van der Waals surface area contributed by atoms with Gasteiger partial charge < -0.3 is 10.5 Å². The molecule has 2 N–H and O–H groups in total. The van der Waals surface area contributed by atoms with E-state index < -0.39 is 0 Å². The topological polar surface area (TPSA) is 35.2 Å². The summed E-state index contributed by atoms with van der Waals surface area (Å²) in [4.78, 5) is 0. The van der Waals surface area contributed by atoms with E-state index in [1.165, 1.54) is 64.2 Å². The third-order valence-corrected chi connectivity index (χ3v) is 3.98. The average molecular weight is 271 g/mol. The van der Waals surface area contributed by atoms with Crippen LogP contribution in [0.15, 0.2) is 0 Å². The van der Waals surface area contributed by atoms with Gasteiger partial charge in [-0.25, -0.2) is 0 Å². The van der Waals surface area contributed by atoms with E-state index >= 15 is 0 Å². The van der Waals surface area contributed by atoms with Gasteiger partial charge in [0.2, 0.25) is 0 Å². The van der Waals surface area contributed by atoms with Crippen LogP contribution in [0.3, 0.4) is 0 Å². The second-order valence-corrected chi connectivity index (χ2v) is 6.33. The van der Waals surface area contributed by atoms with Gasteiger partial charge in [0.25, 0.3) is 0 Å². The van der Waals surface area contributed by atoms with Crippen molar-refractivity contribution in [3.8, 4) is 0 Å². The highest BCUT2D eigenvalue weighted by molar-refractivity contribution is 4.77. The minimum Gasteiger partial charge on any atom is -0.385 e. The van der Waals surface area contributed by atoms with Gasteiger partial charge in [0, 0.05) is 19.3 Å². The first-order chi connectivity index (χ1) is 9.12. The van der Waals surface area contributed by atoms with Crippen molar-refractivity contribution in [2.45, 2.75) is 96.4 Å². The maximum Gasteiger partial charge on any atom is 0.0479 e. The van der Waals surface area contributed by atoms with Crippen LogP contribution < -0.4 is 5.73 Å². The first-order valence-corrected chi connectivity index (χ1v) is 8.40. The van der Waals surface area contributed by atoms with E-state index in [0.717, 1.165) is 19.4 Å². The van der Waals surface area contributed by atoms with Crippen LogP contribution in [0.5, 0.6) is 0 Å². The summed E-state index contributed by atoms with van der Waals surface area (Å²) in [6.45, 7) is 5.21. The van der Waals surface area contributed by atoms with Crippen LogP contribution in [-0.4, -0.2) is 19.3 Å². The van der Waals surface area contributed by atoms with E-state index in [0.29, 0.717) is 0 Å². The normalized spacial score (nSPS) is 14.5. The summed E-state index contributed by atoms with van der Waals surface area (Å²) in [5, 5.41) is 0. The Hall–Kier alpha value is -0.0800. The Labute approximate surface area is 121 Å². The molecule has 0 saturated heterocycles. The van der Waals surface area contributed by atoms with Crippen LogP contribution in [0.1, 0.15) is 90.9 Å². The lowest BCUT2D eigenvalue weighted by Crippen LogP contribution is -2.37. The van der Waals surface area contributed by atoms with Gasteiger partial charge in [-0.1, -0.05) is 71.1 Å². The van der Waals surface area contributed by atoms with Crippen LogP contribution in [-0.2, 0) is 4.74 Å². The van der Waals surface area contributed by atoms with Crippen LogP contribution in [0.25, 0.3) is 0 Å². The minimum absolute atomic E-state index is 0.0316. The van der Waals surface area contributed by atoms with Gasteiger partial charge in [0.15, 0.2) is 0 Å².